The molecule has 0 atom stereocenters. The van der Waals surface area contributed by atoms with Crippen molar-refractivity contribution in [1.29, 1.82) is 0 Å². The molecule has 6 heteroatoms. The van der Waals surface area contributed by atoms with Gasteiger partial charge in [0.2, 0.25) is 0 Å². The molecule has 0 saturated carbocycles. The third-order valence-electron chi connectivity index (χ3n) is 1.65. The van der Waals surface area contributed by atoms with Gasteiger partial charge in [-0.1, -0.05) is 12.1 Å². The van der Waals surface area contributed by atoms with Crippen LogP contribution in [0.4, 0.5) is 0 Å². The predicted octanol–water partition coefficient (Wildman–Crippen LogP) is -2.88. The molecule has 0 spiro atoms. The van der Waals surface area contributed by atoms with Crippen molar-refractivity contribution in [2.24, 2.45) is 0 Å². The van der Waals surface area contributed by atoms with Gasteiger partial charge in [-0.2, -0.15) is 0 Å². The van der Waals surface area contributed by atoms with E-state index < -0.39 is 15.9 Å². The number of nitrogens with one attached hydrogen (secondary N) is 1. The van der Waals surface area contributed by atoms with Crippen LogP contribution in [0.1, 0.15) is 10.4 Å². The summed E-state index contributed by atoms with van der Waals surface area (Å²) in [5.74, 6) is -0.550. The quantitative estimate of drug-likeness (QED) is 0.480. The van der Waals surface area contributed by atoms with Crippen LogP contribution in [0.25, 0.3) is 0 Å². The van der Waals surface area contributed by atoms with E-state index in [0.29, 0.717) is 0 Å². The van der Waals surface area contributed by atoms with Gasteiger partial charge in [-0.05, 0) is 12.1 Å². The molecule has 62 valence electrons. The zero-order chi connectivity index (χ0) is 8.77. The molecule has 0 fully saturated rings. The van der Waals surface area contributed by atoms with Crippen LogP contribution in [-0.2, 0) is 10.0 Å². The van der Waals surface area contributed by atoms with Gasteiger partial charge in [0.1, 0.15) is 4.90 Å². The Hall–Kier alpha value is 0.276. The molecule has 0 radical (unpaired) electrons. The molecule has 0 aromatic heterocycles. The largest absolute Gasteiger partial charge is 1.00 e. The Morgan fingerprint density at radius 1 is 1.15 bits per heavy atom. The van der Waals surface area contributed by atoms with Crippen molar-refractivity contribution in [2.75, 3.05) is 0 Å². The number of hydrogen-bond donors (Lipinski definition) is 1. The number of carbonyl (C=O) groups is 1. The molecule has 0 unspecified atom stereocenters. The first-order valence-electron chi connectivity index (χ1n) is 3.27. The van der Waals surface area contributed by atoms with E-state index >= 15 is 0 Å². The Morgan fingerprint density at radius 2 is 1.77 bits per heavy atom. The van der Waals surface area contributed by atoms with Gasteiger partial charge in [-0.3, -0.25) is 4.79 Å². The van der Waals surface area contributed by atoms with Crippen LogP contribution < -0.4 is 56.1 Å². The maximum Gasteiger partial charge on any atom is 1.00 e. The maximum absolute atomic E-state index is 11.1. The van der Waals surface area contributed by atoms with Crippen molar-refractivity contribution in [3.05, 3.63) is 29.8 Å². The van der Waals surface area contributed by atoms with Crippen LogP contribution in [0.3, 0.4) is 0 Å². The summed E-state index contributed by atoms with van der Waals surface area (Å²) in [7, 11) is -3.55. The zero-order valence-electron chi connectivity index (χ0n) is 6.94. The van der Waals surface area contributed by atoms with E-state index in [9.17, 15) is 13.2 Å². The molecule has 4 nitrogen and oxygen atoms in total. The van der Waals surface area contributed by atoms with E-state index in [2.05, 4.69) is 0 Å². The normalized spacial score (nSPS) is 17.1. The molecule has 1 N–H and O–H groups in total. The zero-order valence-corrected chi connectivity index (χ0v) is 10.9. The van der Waals surface area contributed by atoms with E-state index in [-0.39, 0.29) is 61.8 Å². The van der Waals surface area contributed by atoms with Gasteiger partial charge < -0.3 is 0 Å². The Morgan fingerprint density at radius 3 is 2.38 bits per heavy atom. The average molecular weight is 222 g/mol. The maximum atomic E-state index is 11.1. The summed E-state index contributed by atoms with van der Waals surface area (Å²) >= 11 is 0. The molecule has 0 aliphatic carbocycles. The molecule has 1 aromatic carbocycles. The predicted molar refractivity (Wildman–Crippen MR) is 41.1 cm³/mol. The fourth-order valence-corrected chi connectivity index (χ4v) is 2.29. The first-order valence-corrected chi connectivity index (χ1v) is 4.76. The van der Waals surface area contributed by atoms with Crippen molar-refractivity contribution in [3.8, 4) is 0 Å². The summed E-state index contributed by atoms with van der Waals surface area (Å²) in [6.07, 6.45) is 0. The average Bonchev–Trinajstić information content (AvgIpc) is 2.25. The van der Waals surface area contributed by atoms with Crippen molar-refractivity contribution < 1.29 is 64.6 Å². The topological polar surface area (TPSA) is 63.2 Å². The summed E-state index contributed by atoms with van der Waals surface area (Å²) in [5.41, 5.74) is 0.220. The molecule has 1 aliphatic rings. The number of fused-ring (bicyclic) bond motifs is 1. The summed E-state index contributed by atoms with van der Waals surface area (Å²) < 4.78 is 24.2. The Bertz CT molecular complexity index is 455. The van der Waals surface area contributed by atoms with Crippen LogP contribution in [-0.4, -0.2) is 14.3 Å². The summed E-state index contributed by atoms with van der Waals surface area (Å²) in [6.45, 7) is 0. The van der Waals surface area contributed by atoms with Crippen molar-refractivity contribution >= 4 is 15.9 Å². The van der Waals surface area contributed by atoms with Gasteiger partial charge >= 0.3 is 51.4 Å². The molecule has 1 heterocycles. The van der Waals surface area contributed by atoms with Gasteiger partial charge in [-0.15, -0.1) is 0 Å². The second-order valence-corrected chi connectivity index (χ2v) is 4.08. The molecule has 1 aliphatic heterocycles. The fourth-order valence-electron chi connectivity index (χ4n) is 1.12. The molecule has 0 saturated heterocycles. The summed E-state index contributed by atoms with van der Waals surface area (Å²) in [6, 6.07) is 6.09. The second-order valence-electron chi connectivity index (χ2n) is 2.43. The minimum absolute atomic E-state index is 0. The molecular formula is C7H5KNO3S+. The van der Waals surface area contributed by atoms with Crippen molar-refractivity contribution in [1.82, 2.24) is 4.72 Å². The van der Waals surface area contributed by atoms with E-state index in [1.807, 2.05) is 4.72 Å². The SMILES string of the molecule is O=C1NS(=O)(=O)c2ccccc21.[K+]. The molecule has 0 bridgehead atoms. The minimum Gasteiger partial charge on any atom is -0.268 e. The smallest absolute Gasteiger partial charge is 0.268 e. The van der Waals surface area contributed by atoms with Gasteiger partial charge in [0.15, 0.2) is 0 Å². The Balaban J connectivity index is 0.000000845. The third-order valence-corrected chi connectivity index (χ3v) is 3.04. The van der Waals surface area contributed by atoms with Crippen LogP contribution in [0.5, 0.6) is 0 Å². The molecule has 1 amide bonds. The number of carbonyl (C=O) groups excluding carboxylic acids is 1. The standard InChI is InChI=1S/C7H5NO3S.K/c9-7-5-3-1-2-4-6(5)12(10,11)8-7;/h1-4H,(H,8,9);/q;+1. The van der Waals surface area contributed by atoms with E-state index in [1.54, 1.807) is 12.1 Å². The summed E-state index contributed by atoms with van der Waals surface area (Å²) in [5, 5.41) is 0. The minimum atomic E-state index is -3.55. The number of benzene rings is 1. The van der Waals surface area contributed by atoms with Gasteiger partial charge in [0.25, 0.3) is 15.9 Å². The number of rotatable bonds is 0. The molecule has 2 rings (SSSR count). The van der Waals surface area contributed by atoms with Crippen molar-refractivity contribution in [3.63, 3.8) is 0 Å². The Labute approximate surface area is 118 Å². The van der Waals surface area contributed by atoms with Gasteiger partial charge in [-0.25, -0.2) is 13.1 Å². The number of sulfonamides is 1. The van der Waals surface area contributed by atoms with Crippen molar-refractivity contribution in [2.45, 2.75) is 4.90 Å². The van der Waals surface area contributed by atoms with Gasteiger partial charge in [0, 0.05) is 0 Å². The van der Waals surface area contributed by atoms with E-state index in [1.165, 1.54) is 12.1 Å². The Kier molecular flexibility index (Phi) is 3.32. The summed E-state index contributed by atoms with van der Waals surface area (Å²) in [4.78, 5) is 11.1. The monoisotopic (exact) mass is 222 g/mol. The van der Waals surface area contributed by atoms with Gasteiger partial charge in [0.05, 0.1) is 5.56 Å². The van der Waals surface area contributed by atoms with Crippen LogP contribution >= 0.6 is 0 Å². The van der Waals surface area contributed by atoms with Crippen LogP contribution in [0.15, 0.2) is 29.2 Å². The number of amides is 1. The van der Waals surface area contributed by atoms with E-state index in [4.69, 9.17) is 0 Å². The second kappa shape index (κ2) is 3.80. The first kappa shape index (κ1) is 11.4. The fraction of sp³-hybridized carbons (Fsp3) is 0. The number of hydrogen-bond acceptors (Lipinski definition) is 3. The van der Waals surface area contributed by atoms with Crippen LogP contribution in [0.2, 0.25) is 0 Å². The molecule has 13 heavy (non-hydrogen) atoms. The third kappa shape index (κ3) is 1.88. The molecular weight excluding hydrogens is 217 g/mol. The first-order chi connectivity index (χ1) is 5.61. The van der Waals surface area contributed by atoms with Crippen LogP contribution in [0, 0.1) is 0 Å². The van der Waals surface area contributed by atoms with E-state index in [0.717, 1.165) is 0 Å². The molecule has 1 aromatic rings.